The van der Waals surface area contributed by atoms with Gasteiger partial charge in [0.1, 0.15) is 0 Å². The van der Waals surface area contributed by atoms with Gasteiger partial charge in [0.05, 0.1) is 20.0 Å². The standard InChI is InChI=1S/C14H24N2O4S/c1-4-15-9-10-21(17,18)16-8-7-12-5-6-13(19-2)14(11-12)20-3/h5-6,11,15-16H,4,7-10H2,1-3H3. The van der Waals surface area contributed by atoms with Crippen LogP contribution in [0.1, 0.15) is 12.5 Å². The molecule has 0 fully saturated rings. The van der Waals surface area contributed by atoms with Crippen molar-refractivity contribution in [2.75, 3.05) is 39.6 Å². The van der Waals surface area contributed by atoms with Crippen molar-refractivity contribution >= 4 is 10.0 Å². The third-order valence-electron chi connectivity index (χ3n) is 2.98. The second-order valence-corrected chi connectivity index (χ2v) is 6.43. The Labute approximate surface area is 126 Å². The fourth-order valence-electron chi connectivity index (χ4n) is 1.84. The molecule has 0 aromatic heterocycles. The Morgan fingerprint density at radius 1 is 1.10 bits per heavy atom. The van der Waals surface area contributed by atoms with Gasteiger partial charge < -0.3 is 14.8 Å². The van der Waals surface area contributed by atoms with Gasteiger partial charge in [-0.15, -0.1) is 0 Å². The maximum Gasteiger partial charge on any atom is 0.212 e. The Morgan fingerprint density at radius 3 is 2.43 bits per heavy atom. The highest BCUT2D eigenvalue weighted by atomic mass is 32.2. The lowest BCUT2D eigenvalue weighted by molar-refractivity contribution is 0.354. The van der Waals surface area contributed by atoms with Crippen LogP contribution in [-0.4, -0.2) is 48.0 Å². The van der Waals surface area contributed by atoms with Crippen LogP contribution in [0.25, 0.3) is 0 Å². The minimum absolute atomic E-state index is 0.0901. The van der Waals surface area contributed by atoms with E-state index in [1.54, 1.807) is 14.2 Å². The molecule has 2 N–H and O–H groups in total. The van der Waals surface area contributed by atoms with E-state index in [1.807, 2.05) is 25.1 Å². The van der Waals surface area contributed by atoms with Gasteiger partial charge in [-0.3, -0.25) is 0 Å². The fraction of sp³-hybridized carbons (Fsp3) is 0.571. The van der Waals surface area contributed by atoms with Gasteiger partial charge in [0.2, 0.25) is 10.0 Å². The van der Waals surface area contributed by atoms with E-state index in [-0.39, 0.29) is 5.75 Å². The minimum Gasteiger partial charge on any atom is -0.493 e. The predicted molar refractivity (Wildman–Crippen MR) is 83.6 cm³/mol. The Morgan fingerprint density at radius 2 is 1.81 bits per heavy atom. The normalized spacial score (nSPS) is 11.4. The Kier molecular flexibility index (Phi) is 7.49. The van der Waals surface area contributed by atoms with Crippen LogP contribution in [0, 0.1) is 0 Å². The van der Waals surface area contributed by atoms with Gasteiger partial charge in [0, 0.05) is 13.1 Å². The number of benzene rings is 1. The van der Waals surface area contributed by atoms with Gasteiger partial charge in [-0.2, -0.15) is 0 Å². The summed E-state index contributed by atoms with van der Waals surface area (Å²) in [5.74, 6) is 1.39. The van der Waals surface area contributed by atoms with Crippen molar-refractivity contribution in [1.82, 2.24) is 10.0 Å². The molecule has 6 nitrogen and oxygen atoms in total. The first-order valence-corrected chi connectivity index (χ1v) is 8.56. The SMILES string of the molecule is CCNCCS(=O)(=O)NCCc1ccc(OC)c(OC)c1. The summed E-state index contributed by atoms with van der Waals surface area (Å²) in [6, 6.07) is 5.56. The topological polar surface area (TPSA) is 76.7 Å². The van der Waals surface area contributed by atoms with Crippen LogP contribution < -0.4 is 19.5 Å². The minimum atomic E-state index is -3.22. The summed E-state index contributed by atoms with van der Waals surface area (Å²) >= 11 is 0. The molecule has 0 heterocycles. The predicted octanol–water partition coefficient (Wildman–Crippen LogP) is 0.775. The Balaban J connectivity index is 2.48. The lowest BCUT2D eigenvalue weighted by atomic mass is 10.1. The van der Waals surface area contributed by atoms with E-state index in [0.717, 1.165) is 12.1 Å². The largest absolute Gasteiger partial charge is 0.493 e. The van der Waals surface area contributed by atoms with E-state index in [1.165, 1.54) is 0 Å². The molecule has 0 spiro atoms. The van der Waals surface area contributed by atoms with Crippen LogP contribution in [-0.2, 0) is 16.4 Å². The molecular formula is C14H24N2O4S. The lowest BCUT2D eigenvalue weighted by Crippen LogP contribution is -2.33. The van der Waals surface area contributed by atoms with E-state index in [0.29, 0.717) is 31.0 Å². The lowest BCUT2D eigenvalue weighted by Gasteiger charge is -2.10. The monoisotopic (exact) mass is 316 g/mol. The molecule has 7 heteroatoms. The van der Waals surface area contributed by atoms with E-state index in [9.17, 15) is 8.42 Å². The van der Waals surface area contributed by atoms with Crippen molar-refractivity contribution in [3.05, 3.63) is 23.8 Å². The zero-order valence-corrected chi connectivity index (χ0v) is 13.6. The molecule has 1 aromatic rings. The van der Waals surface area contributed by atoms with Gasteiger partial charge in [0.15, 0.2) is 11.5 Å². The quantitative estimate of drug-likeness (QED) is 0.624. The van der Waals surface area contributed by atoms with E-state index in [4.69, 9.17) is 9.47 Å². The van der Waals surface area contributed by atoms with Crippen LogP contribution in [0.15, 0.2) is 18.2 Å². The Bertz CT molecular complexity index is 532. The van der Waals surface area contributed by atoms with Crippen LogP contribution in [0.5, 0.6) is 11.5 Å². The summed E-state index contributed by atoms with van der Waals surface area (Å²) in [6.45, 7) is 3.53. The van der Waals surface area contributed by atoms with Crippen molar-refractivity contribution in [3.8, 4) is 11.5 Å². The van der Waals surface area contributed by atoms with Crippen LogP contribution in [0.2, 0.25) is 0 Å². The van der Waals surface area contributed by atoms with Crippen LogP contribution in [0.4, 0.5) is 0 Å². The molecule has 0 amide bonds. The van der Waals surface area contributed by atoms with Gasteiger partial charge >= 0.3 is 0 Å². The molecule has 0 aliphatic heterocycles. The second-order valence-electron chi connectivity index (χ2n) is 4.51. The summed E-state index contributed by atoms with van der Waals surface area (Å²) in [4.78, 5) is 0. The van der Waals surface area contributed by atoms with Crippen molar-refractivity contribution in [2.24, 2.45) is 0 Å². The highest BCUT2D eigenvalue weighted by Gasteiger charge is 2.09. The highest BCUT2D eigenvalue weighted by molar-refractivity contribution is 7.89. The van der Waals surface area contributed by atoms with Crippen molar-refractivity contribution in [1.29, 1.82) is 0 Å². The molecule has 0 saturated carbocycles. The molecule has 1 aromatic carbocycles. The number of ether oxygens (including phenoxy) is 2. The van der Waals surface area contributed by atoms with E-state index in [2.05, 4.69) is 10.0 Å². The van der Waals surface area contributed by atoms with Gasteiger partial charge in [-0.25, -0.2) is 13.1 Å². The smallest absolute Gasteiger partial charge is 0.212 e. The first-order valence-electron chi connectivity index (χ1n) is 6.91. The third kappa shape index (κ3) is 6.33. The molecule has 120 valence electrons. The molecule has 0 bridgehead atoms. The molecule has 0 aliphatic rings. The summed E-state index contributed by atoms with van der Waals surface area (Å²) in [6.07, 6.45) is 0.598. The second kappa shape index (κ2) is 8.86. The molecule has 21 heavy (non-hydrogen) atoms. The molecule has 0 unspecified atom stereocenters. The number of hydrogen-bond acceptors (Lipinski definition) is 5. The Hall–Kier alpha value is -1.31. The summed E-state index contributed by atoms with van der Waals surface area (Å²) in [5.41, 5.74) is 0.988. The maximum atomic E-state index is 11.7. The van der Waals surface area contributed by atoms with Gasteiger partial charge in [-0.05, 0) is 30.7 Å². The molecule has 0 aliphatic carbocycles. The molecular weight excluding hydrogens is 292 g/mol. The van der Waals surface area contributed by atoms with E-state index >= 15 is 0 Å². The maximum absolute atomic E-state index is 11.7. The highest BCUT2D eigenvalue weighted by Crippen LogP contribution is 2.27. The first kappa shape index (κ1) is 17.7. The average Bonchev–Trinajstić information content (AvgIpc) is 2.47. The van der Waals surface area contributed by atoms with Crippen LogP contribution in [0.3, 0.4) is 0 Å². The third-order valence-corrected chi connectivity index (χ3v) is 4.37. The molecule has 0 radical (unpaired) electrons. The average molecular weight is 316 g/mol. The van der Waals surface area contributed by atoms with Crippen molar-refractivity contribution in [3.63, 3.8) is 0 Å². The zero-order valence-electron chi connectivity index (χ0n) is 12.8. The zero-order chi connectivity index (χ0) is 15.7. The van der Waals surface area contributed by atoms with E-state index < -0.39 is 10.0 Å². The number of rotatable bonds is 10. The number of nitrogens with one attached hydrogen (secondary N) is 2. The summed E-state index contributed by atoms with van der Waals surface area (Å²) in [5, 5.41) is 2.99. The molecule has 0 saturated heterocycles. The number of methoxy groups -OCH3 is 2. The first-order chi connectivity index (χ1) is 10.0. The summed E-state index contributed by atoms with van der Waals surface area (Å²) in [7, 11) is -0.0671. The molecule has 0 atom stereocenters. The number of hydrogen-bond donors (Lipinski definition) is 2. The van der Waals surface area contributed by atoms with Gasteiger partial charge in [0.25, 0.3) is 0 Å². The number of sulfonamides is 1. The van der Waals surface area contributed by atoms with Crippen molar-refractivity contribution in [2.45, 2.75) is 13.3 Å². The summed E-state index contributed by atoms with van der Waals surface area (Å²) < 4.78 is 36.4. The molecule has 1 rings (SSSR count). The van der Waals surface area contributed by atoms with Crippen LogP contribution >= 0.6 is 0 Å². The van der Waals surface area contributed by atoms with Gasteiger partial charge in [-0.1, -0.05) is 13.0 Å². The van der Waals surface area contributed by atoms with Crippen molar-refractivity contribution < 1.29 is 17.9 Å². The fourth-order valence-corrected chi connectivity index (χ4v) is 2.81.